The summed E-state index contributed by atoms with van der Waals surface area (Å²) >= 11 is 5.71. The summed E-state index contributed by atoms with van der Waals surface area (Å²) in [5.41, 5.74) is 3.66. The van der Waals surface area contributed by atoms with Gasteiger partial charge in [0.25, 0.3) is 0 Å². The van der Waals surface area contributed by atoms with Gasteiger partial charge in [0.05, 0.1) is 0 Å². The van der Waals surface area contributed by atoms with Crippen LogP contribution in [0.4, 0.5) is 4.39 Å². The van der Waals surface area contributed by atoms with E-state index in [0.29, 0.717) is 11.8 Å². The third-order valence-corrected chi connectivity index (χ3v) is 6.41. The summed E-state index contributed by atoms with van der Waals surface area (Å²) in [4.78, 5) is 0. The van der Waals surface area contributed by atoms with Crippen molar-refractivity contribution in [2.24, 2.45) is 17.8 Å². The van der Waals surface area contributed by atoms with E-state index in [2.05, 4.69) is 12.1 Å². The van der Waals surface area contributed by atoms with Crippen molar-refractivity contribution in [3.05, 3.63) is 46.8 Å². The molecule has 0 unspecified atom stereocenters. The summed E-state index contributed by atoms with van der Waals surface area (Å²) in [6, 6.07) is 5.83. The van der Waals surface area contributed by atoms with Gasteiger partial charge in [-0.05, 0) is 99.2 Å². The van der Waals surface area contributed by atoms with Gasteiger partial charge in [0, 0.05) is 5.54 Å². The van der Waals surface area contributed by atoms with E-state index in [0.717, 1.165) is 17.4 Å². The first-order valence-electron chi connectivity index (χ1n) is 9.20. The molecule has 3 rings (SSSR count). The van der Waals surface area contributed by atoms with Gasteiger partial charge >= 0.3 is 0 Å². The van der Waals surface area contributed by atoms with Gasteiger partial charge in [-0.3, -0.25) is 0 Å². The highest BCUT2D eigenvalue weighted by Gasteiger charge is 2.30. The van der Waals surface area contributed by atoms with Crippen molar-refractivity contribution in [2.75, 3.05) is 0 Å². The third kappa shape index (κ3) is 4.18. The molecule has 0 amide bonds. The van der Waals surface area contributed by atoms with E-state index in [-0.39, 0.29) is 5.82 Å². The fourth-order valence-corrected chi connectivity index (χ4v) is 4.90. The molecule has 1 aromatic carbocycles. The SMILES string of the molecule is Cc1ccc(C2CCC([C@H]3CC[C@H](/C=C/Cl)CC3)CC2)cc1F. The first kappa shape index (κ1) is 17.0. The Kier molecular flexibility index (Phi) is 5.80. The molecular weight excluding hydrogens is 307 g/mol. The van der Waals surface area contributed by atoms with Crippen LogP contribution in [0.15, 0.2) is 29.8 Å². The van der Waals surface area contributed by atoms with Crippen LogP contribution >= 0.6 is 11.6 Å². The Morgan fingerprint density at radius 2 is 1.57 bits per heavy atom. The molecule has 0 heterocycles. The standard InChI is InChI=1S/C21H28ClF/c1-15-2-5-20(14-21(15)23)19-10-8-18(9-11-19)17-6-3-16(4-7-17)12-13-22/h2,5,12-14,16-19H,3-4,6-11H2,1H3/b13-12+/t16-,17-,18?,19?. The van der Waals surface area contributed by atoms with E-state index < -0.39 is 0 Å². The highest BCUT2D eigenvalue weighted by atomic mass is 35.5. The molecule has 0 aliphatic heterocycles. The lowest BCUT2D eigenvalue weighted by atomic mass is 9.68. The number of rotatable bonds is 3. The van der Waals surface area contributed by atoms with Gasteiger partial charge in [0.1, 0.15) is 5.82 Å². The summed E-state index contributed by atoms with van der Waals surface area (Å²) < 4.78 is 13.8. The van der Waals surface area contributed by atoms with Gasteiger partial charge in [-0.15, -0.1) is 0 Å². The average molecular weight is 335 g/mol. The fraction of sp³-hybridized carbons (Fsp3) is 0.619. The van der Waals surface area contributed by atoms with Gasteiger partial charge in [0.15, 0.2) is 0 Å². The second-order valence-corrected chi connectivity index (χ2v) is 7.87. The molecule has 0 aromatic heterocycles. The summed E-state index contributed by atoms with van der Waals surface area (Å²) in [5, 5.41) is 0. The maximum Gasteiger partial charge on any atom is 0.126 e. The van der Waals surface area contributed by atoms with E-state index in [1.807, 2.05) is 13.0 Å². The Balaban J connectivity index is 1.51. The largest absolute Gasteiger partial charge is 0.207 e. The minimum Gasteiger partial charge on any atom is -0.207 e. The number of aryl methyl sites for hydroxylation is 1. The lowest BCUT2D eigenvalue weighted by molar-refractivity contribution is 0.171. The van der Waals surface area contributed by atoms with Gasteiger partial charge < -0.3 is 0 Å². The summed E-state index contributed by atoms with van der Waals surface area (Å²) in [7, 11) is 0. The van der Waals surface area contributed by atoms with Crippen LogP contribution in [0, 0.1) is 30.5 Å². The molecular formula is C21H28ClF. The van der Waals surface area contributed by atoms with Crippen molar-refractivity contribution in [1.82, 2.24) is 0 Å². The minimum absolute atomic E-state index is 0.0460. The average Bonchev–Trinajstić information content (AvgIpc) is 2.59. The minimum atomic E-state index is -0.0460. The van der Waals surface area contributed by atoms with E-state index in [4.69, 9.17) is 11.6 Å². The van der Waals surface area contributed by atoms with E-state index in [1.54, 1.807) is 11.6 Å². The fourth-order valence-electron chi connectivity index (χ4n) is 4.70. The first-order chi connectivity index (χ1) is 11.2. The van der Waals surface area contributed by atoms with Crippen LogP contribution < -0.4 is 0 Å². The molecule has 2 aliphatic rings. The Morgan fingerprint density at radius 1 is 0.957 bits per heavy atom. The van der Waals surface area contributed by atoms with Crippen molar-refractivity contribution in [2.45, 2.75) is 64.2 Å². The molecule has 0 nitrogen and oxygen atoms in total. The molecule has 0 saturated heterocycles. The van der Waals surface area contributed by atoms with E-state index in [1.165, 1.54) is 56.9 Å². The number of halogens is 2. The second kappa shape index (κ2) is 7.83. The van der Waals surface area contributed by atoms with Gasteiger partial charge in [-0.25, -0.2) is 4.39 Å². The smallest absolute Gasteiger partial charge is 0.126 e. The molecule has 2 fully saturated rings. The molecule has 2 aliphatic carbocycles. The van der Waals surface area contributed by atoms with Crippen molar-refractivity contribution < 1.29 is 4.39 Å². The molecule has 1 aromatic rings. The summed E-state index contributed by atoms with van der Waals surface area (Å²) in [6.45, 7) is 1.84. The molecule has 2 heteroatoms. The van der Waals surface area contributed by atoms with Crippen molar-refractivity contribution in [3.63, 3.8) is 0 Å². The van der Waals surface area contributed by atoms with E-state index in [9.17, 15) is 4.39 Å². The Bertz CT molecular complexity index is 535. The Labute approximate surface area is 145 Å². The summed E-state index contributed by atoms with van der Waals surface area (Å²) in [5.74, 6) is 3.02. The topological polar surface area (TPSA) is 0 Å². The molecule has 0 bridgehead atoms. The first-order valence-corrected chi connectivity index (χ1v) is 9.64. The molecule has 0 atom stereocenters. The van der Waals surface area contributed by atoms with Crippen LogP contribution in [0.25, 0.3) is 0 Å². The van der Waals surface area contributed by atoms with Crippen LogP contribution in [-0.4, -0.2) is 0 Å². The quantitative estimate of drug-likeness (QED) is 0.560. The van der Waals surface area contributed by atoms with E-state index >= 15 is 0 Å². The number of hydrogen-bond acceptors (Lipinski definition) is 0. The van der Waals surface area contributed by atoms with Crippen molar-refractivity contribution >= 4 is 11.6 Å². The van der Waals surface area contributed by atoms with Gasteiger partial charge in [0.2, 0.25) is 0 Å². The van der Waals surface area contributed by atoms with Crippen LogP contribution in [0.5, 0.6) is 0 Å². The molecule has 0 N–H and O–H groups in total. The van der Waals surface area contributed by atoms with Gasteiger partial charge in [-0.2, -0.15) is 0 Å². The van der Waals surface area contributed by atoms with Crippen LogP contribution in [0.3, 0.4) is 0 Å². The zero-order chi connectivity index (χ0) is 16.2. The molecule has 0 spiro atoms. The molecule has 23 heavy (non-hydrogen) atoms. The highest BCUT2D eigenvalue weighted by Crippen LogP contribution is 2.44. The van der Waals surface area contributed by atoms with Crippen LogP contribution in [-0.2, 0) is 0 Å². The Hall–Kier alpha value is -0.820. The lowest BCUT2D eigenvalue weighted by Gasteiger charge is -2.37. The zero-order valence-corrected chi connectivity index (χ0v) is 14.9. The van der Waals surface area contributed by atoms with Crippen molar-refractivity contribution in [3.8, 4) is 0 Å². The number of hydrogen-bond donors (Lipinski definition) is 0. The molecule has 126 valence electrons. The highest BCUT2D eigenvalue weighted by molar-refractivity contribution is 6.25. The summed E-state index contributed by atoms with van der Waals surface area (Å²) in [6.07, 6.45) is 12.6. The molecule has 0 radical (unpaired) electrons. The second-order valence-electron chi connectivity index (χ2n) is 7.61. The molecule has 2 saturated carbocycles. The zero-order valence-electron chi connectivity index (χ0n) is 14.1. The third-order valence-electron chi connectivity index (χ3n) is 6.27. The number of benzene rings is 1. The lowest BCUT2D eigenvalue weighted by Crippen LogP contribution is -2.25. The van der Waals surface area contributed by atoms with Crippen molar-refractivity contribution in [1.29, 1.82) is 0 Å². The monoisotopic (exact) mass is 334 g/mol. The number of allylic oxidation sites excluding steroid dienone is 1. The predicted molar refractivity (Wildman–Crippen MR) is 96.3 cm³/mol. The Morgan fingerprint density at radius 3 is 2.13 bits per heavy atom. The maximum absolute atomic E-state index is 13.8. The normalized spacial score (nSPS) is 32.3. The maximum atomic E-state index is 13.8. The van der Waals surface area contributed by atoms with Crippen LogP contribution in [0.2, 0.25) is 0 Å². The van der Waals surface area contributed by atoms with Crippen LogP contribution in [0.1, 0.15) is 68.4 Å². The predicted octanol–water partition coefficient (Wildman–Crippen LogP) is 6.97. The van der Waals surface area contributed by atoms with Gasteiger partial charge in [-0.1, -0.05) is 29.8 Å².